The van der Waals surface area contributed by atoms with Crippen LogP contribution in [-0.2, 0) is 6.54 Å². The predicted octanol–water partition coefficient (Wildman–Crippen LogP) is 3.90. The van der Waals surface area contributed by atoms with Gasteiger partial charge in [-0.25, -0.2) is 0 Å². The second-order valence-electron chi connectivity index (χ2n) is 6.20. The molecule has 0 aliphatic heterocycles. The lowest BCUT2D eigenvalue weighted by molar-refractivity contribution is 0.548. The number of hydrogen-bond acceptors (Lipinski definition) is 5. The highest BCUT2D eigenvalue weighted by molar-refractivity contribution is 7.71. The van der Waals surface area contributed by atoms with E-state index in [2.05, 4.69) is 51.6 Å². The van der Waals surface area contributed by atoms with Crippen molar-refractivity contribution < 1.29 is 0 Å². The van der Waals surface area contributed by atoms with Crippen LogP contribution in [0, 0.1) is 18.6 Å². The first-order valence-corrected chi connectivity index (χ1v) is 9.07. The van der Waals surface area contributed by atoms with Crippen LogP contribution in [0.5, 0.6) is 0 Å². The number of nitrogens with zero attached hydrogens (tertiary/aromatic N) is 6. The minimum absolute atomic E-state index is 0.334. The van der Waals surface area contributed by atoms with Crippen LogP contribution in [0.25, 0.3) is 17.1 Å². The summed E-state index contributed by atoms with van der Waals surface area (Å²) >= 11 is 11.3. The Morgan fingerprint density at radius 2 is 1.85 bits per heavy atom. The van der Waals surface area contributed by atoms with Crippen molar-refractivity contribution in [2.24, 2.45) is 0 Å². The Bertz CT molecular complexity index is 1160. The molecule has 7 nitrogen and oxygen atoms in total. The number of aromatic amines is 1. The normalized spacial score (nSPS) is 11.1. The Hall–Kier alpha value is -2.84. The largest absolute Gasteiger partial charge is 0.270 e. The highest BCUT2D eigenvalue weighted by atomic mass is 35.5. The number of tetrazole rings is 1. The molecule has 0 saturated carbocycles. The molecule has 0 fully saturated rings. The minimum Gasteiger partial charge on any atom is -0.270 e. The molecule has 9 heteroatoms. The van der Waals surface area contributed by atoms with E-state index in [0.29, 0.717) is 28.0 Å². The molecule has 27 heavy (non-hydrogen) atoms. The van der Waals surface area contributed by atoms with Gasteiger partial charge in [0.2, 0.25) is 5.82 Å². The molecular weight excluding hydrogens is 382 g/mol. The van der Waals surface area contributed by atoms with Gasteiger partial charge in [-0.2, -0.15) is 9.90 Å². The van der Waals surface area contributed by atoms with E-state index in [1.54, 1.807) is 12.1 Å². The van der Waals surface area contributed by atoms with Crippen molar-refractivity contribution in [1.29, 1.82) is 0 Å². The van der Waals surface area contributed by atoms with Crippen LogP contribution in [0.3, 0.4) is 0 Å². The summed E-state index contributed by atoms with van der Waals surface area (Å²) in [5, 5.41) is 20.5. The van der Waals surface area contributed by atoms with Gasteiger partial charge in [-0.1, -0.05) is 17.7 Å². The average Bonchev–Trinajstić information content (AvgIpc) is 3.26. The summed E-state index contributed by atoms with van der Waals surface area (Å²) in [6.45, 7) is 4.48. The molecule has 0 atom stereocenters. The standard InChI is InChI=1S/C18H16ClN7S/c1-11-3-8-15(9-12(11)2)26-16(20-22-18(26)27)10-25-23-17(21-24-25)13-4-6-14(19)7-5-13/h3-9H,10H2,1-2H3,(H,22,27). The van der Waals surface area contributed by atoms with Gasteiger partial charge in [-0.15, -0.1) is 10.2 Å². The van der Waals surface area contributed by atoms with Crippen LogP contribution < -0.4 is 0 Å². The predicted molar refractivity (Wildman–Crippen MR) is 106 cm³/mol. The van der Waals surface area contributed by atoms with Gasteiger partial charge in [-0.3, -0.25) is 9.67 Å². The van der Waals surface area contributed by atoms with E-state index in [4.69, 9.17) is 23.8 Å². The zero-order valence-electron chi connectivity index (χ0n) is 14.7. The maximum absolute atomic E-state index is 5.92. The molecule has 1 N–H and O–H groups in total. The fraction of sp³-hybridized carbons (Fsp3) is 0.167. The van der Waals surface area contributed by atoms with Gasteiger partial charge in [0, 0.05) is 16.3 Å². The Labute approximate surface area is 165 Å². The highest BCUT2D eigenvalue weighted by Gasteiger charge is 2.13. The lowest BCUT2D eigenvalue weighted by Gasteiger charge is -2.08. The summed E-state index contributed by atoms with van der Waals surface area (Å²) in [6.07, 6.45) is 0. The maximum Gasteiger partial charge on any atom is 0.204 e. The number of hydrogen-bond donors (Lipinski definition) is 1. The van der Waals surface area contributed by atoms with E-state index in [1.165, 1.54) is 15.9 Å². The molecule has 0 aliphatic carbocycles. The van der Waals surface area contributed by atoms with Gasteiger partial charge in [0.1, 0.15) is 6.54 Å². The molecule has 2 heterocycles. The van der Waals surface area contributed by atoms with Crippen LogP contribution in [-0.4, -0.2) is 35.0 Å². The smallest absolute Gasteiger partial charge is 0.204 e. The summed E-state index contributed by atoms with van der Waals surface area (Å²) < 4.78 is 2.40. The first-order chi connectivity index (χ1) is 13.0. The number of benzene rings is 2. The molecule has 136 valence electrons. The summed E-state index contributed by atoms with van der Waals surface area (Å²) in [4.78, 5) is 1.49. The summed E-state index contributed by atoms with van der Waals surface area (Å²) in [5.41, 5.74) is 4.20. The number of H-pyrrole nitrogens is 1. The van der Waals surface area contributed by atoms with Gasteiger partial charge < -0.3 is 0 Å². The van der Waals surface area contributed by atoms with Crippen molar-refractivity contribution in [2.45, 2.75) is 20.4 Å². The minimum atomic E-state index is 0.334. The third-order valence-corrected chi connectivity index (χ3v) is 4.85. The zero-order chi connectivity index (χ0) is 19.0. The monoisotopic (exact) mass is 397 g/mol. The molecular formula is C18H16ClN7S. The number of rotatable bonds is 4. The fourth-order valence-corrected chi connectivity index (χ4v) is 3.10. The topological polar surface area (TPSA) is 77.2 Å². The summed E-state index contributed by atoms with van der Waals surface area (Å²) in [6, 6.07) is 13.5. The molecule has 2 aromatic carbocycles. The summed E-state index contributed by atoms with van der Waals surface area (Å²) in [5.74, 6) is 1.22. The molecule has 4 rings (SSSR count). The van der Waals surface area contributed by atoms with E-state index in [1.807, 2.05) is 22.8 Å². The average molecular weight is 398 g/mol. The Morgan fingerprint density at radius 1 is 1.07 bits per heavy atom. The molecule has 4 aromatic rings. The molecule has 0 bridgehead atoms. The number of halogens is 1. The van der Waals surface area contributed by atoms with E-state index >= 15 is 0 Å². The lowest BCUT2D eigenvalue weighted by Crippen LogP contribution is -2.10. The molecule has 0 spiro atoms. The van der Waals surface area contributed by atoms with Gasteiger partial charge in [-0.05, 0) is 78.8 Å². The Morgan fingerprint density at radius 3 is 2.59 bits per heavy atom. The Balaban J connectivity index is 1.65. The van der Waals surface area contributed by atoms with Crippen molar-refractivity contribution in [1.82, 2.24) is 35.0 Å². The van der Waals surface area contributed by atoms with E-state index in [-0.39, 0.29) is 0 Å². The van der Waals surface area contributed by atoms with E-state index < -0.39 is 0 Å². The third-order valence-electron chi connectivity index (χ3n) is 4.33. The molecule has 0 amide bonds. The second kappa shape index (κ2) is 7.05. The van der Waals surface area contributed by atoms with E-state index in [0.717, 1.165) is 11.3 Å². The number of aryl methyl sites for hydroxylation is 2. The highest BCUT2D eigenvalue weighted by Crippen LogP contribution is 2.18. The molecule has 0 aliphatic rings. The van der Waals surface area contributed by atoms with Crippen molar-refractivity contribution in [3.8, 4) is 17.1 Å². The van der Waals surface area contributed by atoms with Crippen LogP contribution in [0.1, 0.15) is 17.0 Å². The molecule has 0 saturated heterocycles. The quantitative estimate of drug-likeness (QED) is 0.528. The third kappa shape index (κ3) is 3.54. The van der Waals surface area contributed by atoms with Gasteiger partial charge in [0.25, 0.3) is 0 Å². The second-order valence-corrected chi connectivity index (χ2v) is 7.02. The van der Waals surface area contributed by atoms with Crippen LogP contribution in [0.4, 0.5) is 0 Å². The van der Waals surface area contributed by atoms with Crippen molar-refractivity contribution in [3.05, 3.63) is 69.2 Å². The van der Waals surface area contributed by atoms with Crippen molar-refractivity contribution in [2.75, 3.05) is 0 Å². The molecule has 2 aromatic heterocycles. The Kier molecular flexibility index (Phi) is 4.59. The maximum atomic E-state index is 5.92. The fourth-order valence-electron chi connectivity index (χ4n) is 2.72. The van der Waals surface area contributed by atoms with Gasteiger partial charge in [0.05, 0.1) is 0 Å². The van der Waals surface area contributed by atoms with E-state index in [9.17, 15) is 0 Å². The van der Waals surface area contributed by atoms with Crippen LogP contribution in [0.2, 0.25) is 5.02 Å². The van der Waals surface area contributed by atoms with Crippen LogP contribution in [0.15, 0.2) is 42.5 Å². The summed E-state index contributed by atoms with van der Waals surface area (Å²) in [7, 11) is 0. The SMILES string of the molecule is Cc1ccc(-n2c(Cn3nnc(-c4ccc(Cl)cc4)n3)n[nH]c2=S)cc1C. The molecule has 0 radical (unpaired) electrons. The van der Waals surface area contributed by atoms with Crippen molar-refractivity contribution >= 4 is 23.8 Å². The first kappa shape index (κ1) is 17.6. The van der Waals surface area contributed by atoms with Crippen LogP contribution >= 0.6 is 23.8 Å². The zero-order valence-corrected chi connectivity index (χ0v) is 16.3. The molecule has 0 unspecified atom stereocenters. The van der Waals surface area contributed by atoms with Crippen molar-refractivity contribution in [3.63, 3.8) is 0 Å². The van der Waals surface area contributed by atoms with Gasteiger partial charge >= 0.3 is 0 Å². The number of nitrogens with one attached hydrogen (secondary N) is 1. The number of aromatic nitrogens is 7. The van der Waals surface area contributed by atoms with Gasteiger partial charge in [0.15, 0.2) is 10.6 Å². The lowest BCUT2D eigenvalue weighted by atomic mass is 10.1. The first-order valence-electron chi connectivity index (χ1n) is 8.29.